The Labute approximate surface area is 82.9 Å². The summed E-state index contributed by atoms with van der Waals surface area (Å²) in [5, 5.41) is 2.18. The van der Waals surface area contributed by atoms with Crippen LogP contribution in [-0.2, 0) is 9.84 Å². The molecule has 1 rings (SSSR count). The number of sulfone groups is 1. The van der Waals surface area contributed by atoms with E-state index in [-0.39, 0.29) is 10.5 Å². The van der Waals surface area contributed by atoms with Gasteiger partial charge < -0.3 is 5.32 Å². The van der Waals surface area contributed by atoms with Crippen molar-refractivity contribution in [1.82, 2.24) is 5.32 Å². The second-order valence-corrected chi connectivity index (χ2v) is 4.82. The maximum Gasteiger partial charge on any atom is 0.251 e. The Morgan fingerprint density at radius 1 is 1.43 bits per heavy atom. The molecule has 1 aromatic carbocycles. The maximum atomic E-state index is 11.1. The van der Waals surface area contributed by atoms with E-state index in [1.165, 1.54) is 24.3 Å². The predicted octanol–water partition coefficient (Wildman–Crippen LogP) is 0.611. The minimum Gasteiger partial charge on any atom is -0.350 e. The largest absolute Gasteiger partial charge is 0.350 e. The average Bonchev–Trinajstić information content (AvgIpc) is 2.15. The maximum absolute atomic E-state index is 11.1. The predicted molar refractivity (Wildman–Crippen MR) is 52.4 cm³/mol. The summed E-state index contributed by atoms with van der Waals surface area (Å²) < 4.78 is 22.3. The number of carbonyl (C=O) groups is 1. The summed E-state index contributed by atoms with van der Waals surface area (Å²) in [6.07, 6.45) is 1.09. The van der Waals surface area contributed by atoms with Crippen molar-refractivity contribution < 1.29 is 13.2 Å². The highest BCUT2D eigenvalue weighted by molar-refractivity contribution is 7.90. The third kappa shape index (κ3) is 2.32. The molecule has 1 radical (unpaired) electrons. The number of amides is 1. The normalized spacial score (nSPS) is 11.0. The zero-order valence-electron chi connectivity index (χ0n) is 7.65. The van der Waals surface area contributed by atoms with Crippen LogP contribution < -0.4 is 5.32 Å². The Hall–Kier alpha value is -1.36. The van der Waals surface area contributed by atoms with Gasteiger partial charge >= 0.3 is 0 Å². The van der Waals surface area contributed by atoms with Gasteiger partial charge in [0.1, 0.15) is 0 Å². The van der Waals surface area contributed by atoms with Gasteiger partial charge in [0.15, 0.2) is 9.84 Å². The SMILES string of the molecule is [CH2]NC(=O)c1cccc(S(C)(=O)=O)c1. The molecule has 0 atom stereocenters. The van der Waals surface area contributed by atoms with E-state index >= 15 is 0 Å². The van der Waals surface area contributed by atoms with Crippen LogP contribution in [0.2, 0.25) is 0 Å². The first-order valence-electron chi connectivity index (χ1n) is 3.82. The molecule has 0 saturated heterocycles. The highest BCUT2D eigenvalue weighted by Gasteiger charge is 2.09. The molecule has 0 aliphatic carbocycles. The van der Waals surface area contributed by atoms with Gasteiger partial charge in [0.05, 0.1) is 4.90 Å². The number of nitrogens with one attached hydrogen (secondary N) is 1. The lowest BCUT2D eigenvalue weighted by molar-refractivity contribution is 0.0969. The molecular weight excluding hydrogens is 202 g/mol. The van der Waals surface area contributed by atoms with Crippen LogP contribution in [-0.4, -0.2) is 20.6 Å². The van der Waals surface area contributed by atoms with Crippen molar-refractivity contribution in [1.29, 1.82) is 0 Å². The number of hydrogen-bond donors (Lipinski definition) is 1. The van der Waals surface area contributed by atoms with Crippen molar-refractivity contribution in [2.75, 3.05) is 6.26 Å². The van der Waals surface area contributed by atoms with E-state index in [0.717, 1.165) is 6.26 Å². The van der Waals surface area contributed by atoms with Crippen LogP contribution in [0.1, 0.15) is 10.4 Å². The fraction of sp³-hybridized carbons (Fsp3) is 0.111. The van der Waals surface area contributed by atoms with Crippen LogP contribution >= 0.6 is 0 Å². The number of hydrogen-bond acceptors (Lipinski definition) is 3. The summed E-state index contributed by atoms with van der Waals surface area (Å²) in [6, 6.07) is 5.79. The van der Waals surface area contributed by atoms with Crippen molar-refractivity contribution in [3.63, 3.8) is 0 Å². The molecule has 14 heavy (non-hydrogen) atoms. The summed E-state index contributed by atoms with van der Waals surface area (Å²) in [4.78, 5) is 11.2. The first-order valence-corrected chi connectivity index (χ1v) is 5.72. The fourth-order valence-corrected chi connectivity index (χ4v) is 1.64. The second kappa shape index (κ2) is 3.79. The van der Waals surface area contributed by atoms with Crippen molar-refractivity contribution in [2.24, 2.45) is 0 Å². The smallest absolute Gasteiger partial charge is 0.251 e. The van der Waals surface area contributed by atoms with Gasteiger partial charge in [-0.15, -0.1) is 0 Å². The van der Waals surface area contributed by atoms with Crippen LogP contribution in [0.5, 0.6) is 0 Å². The molecule has 1 amide bonds. The first-order chi connectivity index (χ1) is 6.45. The van der Waals surface area contributed by atoms with Gasteiger partial charge in [0, 0.05) is 18.9 Å². The van der Waals surface area contributed by atoms with Gasteiger partial charge in [-0.1, -0.05) is 6.07 Å². The van der Waals surface area contributed by atoms with Crippen LogP contribution in [0, 0.1) is 7.05 Å². The van der Waals surface area contributed by atoms with Crippen LogP contribution in [0.3, 0.4) is 0 Å². The molecule has 1 N–H and O–H groups in total. The van der Waals surface area contributed by atoms with Crippen molar-refractivity contribution in [2.45, 2.75) is 4.90 Å². The van der Waals surface area contributed by atoms with E-state index in [2.05, 4.69) is 12.4 Å². The van der Waals surface area contributed by atoms with Crippen molar-refractivity contribution >= 4 is 15.7 Å². The molecule has 75 valence electrons. The molecule has 0 saturated carbocycles. The molecule has 5 heteroatoms. The lowest BCUT2D eigenvalue weighted by atomic mass is 10.2. The summed E-state index contributed by atoms with van der Waals surface area (Å²) >= 11 is 0. The number of rotatable bonds is 2. The average molecular weight is 212 g/mol. The summed E-state index contributed by atoms with van der Waals surface area (Å²) in [7, 11) is -0.0626. The van der Waals surface area contributed by atoms with E-state index < -0.39 is 15.7 Å². The third-order valence-corrected chi connectivity index (χ3v) is 2.80. The van der Waals surface area contributed by atoms with Gasteiger partial charge in [-0.25, -0.2) is 8.42 Å². The zero-order valence-corrected chi connectivity index (χ0v) is 8.47. The summed E-state index contributed by atoms with van der Waals surface area (Å²) in [6.45, 7) is 0. The molecule has 0 bridgehead atoms. The Bertz CT molecular complexity index is 451. The Morgan fingerprint density at radius 2 is 2.07 bits per heavy atom. The van der Waals surface area contributed by atoms with E-state index in [4.69, 9.17) is 0 Å². The summed E-state index contributed by atoms with van der Waals surface area (Å²) in [5.41, 5.74) is 0.280. The molecule has 0 heterocycles. The van der Waals surface area contributed by atoms with E-state index in [1.54, 1.807) is 0 Å². The molecule has 0 aliphatic rings. The highest BCUT2D eigenvalue weighted by atomic mass is 32.2. The first kappa shape index (κ1) is 10.7. The third-order valence-electron chi connectivity index (χ3n) is 1.68. The molecule has 0 aromatic heterocycles. The van der Waals surface area contributed by atoms with Gasteiger partial charge in [-0.05, 0) is 18.2 Å². The molecule has 0 aliphatic heterocycles. The molecule has 1 aromatic rings. The van der Waals surface area contributed by atoms with Crippen molar-refractivity contribution in [3.8, 4) is 0 Å². The monoisotopic (exact) mass is 212 g/mol. The van der Waals surface area contributed by atoms with Crippen LogP contribution in [0.25, 0.3) is 0 Å². The number of benzene rings is 1. The Balaban J connectivity index is 3.21. The molecule has 4 nitrogen and oxygen atoms in total. The fourth-order valence-electron chi connectivity index (χ4n) is 0.970. The quantitative estimate of drug-likeness (QED) is 0.781. The Kier molecular flexibility index (Phi) is 2.90. The number of carbonyl (C=O) groups excluding carboxylic acids is 1. The lowest BCUT2D eigenvalue weighted by Crippen LogP contribution is -2.15. The van der Waals surface area contributed by atoms with Gasteiger partial charge in [-0.2, -0.15) is 0 Å². The second-order valence-electron chi connectivity index (χ2n) is 2.81. The van der Waals surface area contributed by atoms with E-state index in [1.807, 2.05) is 0 Å². The lowest BCUT2D eigenvalue weighted by Gasteiger charge is -2.01. The van der Waals surface area contributed by atoms with Gasteiger partial charge in [0.2, 0.25) is 0 Å². The zero-order chi connectivity index (χ0) is 10.8. The minimum absolute atomic E-state index is 0.124. The van der Waals surface area contributed by atoms with Crippen LogP contribution in [0.4, 0.5) is 0 Å². The molecule has 0 unspecified atom stereocenters. The summed E-state index contributed by atoms with van der Waals surface area (Å²) in [5.74, 6) is -0.407. The van der Waals surface area contributed by atoms with Gasteiger partial charge in [0.25, 0.3) is 5.91 Å². The van der Waals surface area contributed by atoms with E-state index in [9.17, 15) is 13.2 Å². The standard InChI is InChI=1S/C9H10NO3S/c1-10-9(11)7-4-3-5-8(6-7)14(2,12)13/h3-6H,1H2,2H3,(H,10,11). The highest BCUT2D eigenvalue weighted by Crippen LogP contribution is 2.10. The molecule has 0 spiro atoms. The minimum atomic E-state index is -3.27. The molecular formula is C9H10NO3S. The van der Waals surface area contributed by atoms with E-state index in [0.29, 0.717) is 0 Å². The Morgan fingerprint density at radius 3 is 2.57 bits per heavy atom. The topological polar surface area (TPSA) is 63.2 Å². The van der Waals surface area contributed by atoms with Gasteiger partial charge in [-0.3, -0.25) is 4.79 Å². The van der Waals surface area contributed by atoms with Crippen molar-refractivity contribution in [3.05, 3.63) is 36.9 Å². The molecule has 0 fully saturated rings. The van der Waals surface area contributed by atoms with Crippen LogP contribution in [0.15, 0.2) is 29.2 Å².